The number of methoxy groups -OCH3 is 1. The third-order valence-electron chi connectivity index (χ3n) is 4.96. The lowest BCUT2D eigenvalue weighted by Gasteiger charge is -2.21. The van der Waals surface area contributed by atoms with Crippen LogP contribution in [0.25, 0.3) is 0 Å². The summed E-state index contributed by atoms with van der Waals surface area (Å²) in [6.45, 7) is 2.61. The number of anilines is 1. The zero-order chi connectivity index (χ0) is 16.5. The van der Waals surface area contributed by atoms with Gasteiger partial charge in [-0.3, -0.25) is 4.79 Å². The van der Waals surface area contributed by atoms with Gasteiger partial charge in [-0.15, -0.1) is 0 Å². The highest BCUT2D eigenvalue weighted by atomic mass is 16.5. The number of nitrogens with zero attached hydrogens (tertiary/aromatic N) is 4. The van der Waals surface area contributed by atoms with Crippen molar-refractivity contribution in [2.24, 2.45) is 5.92 Å². The smallest absolute Gasteiger partial charge is 0.250 e. The second-order valence-electron chi connectivity index (χ2n) is 6.60. The van der Waals surface area contributed by atoms with Crippen molar-refractivity contribution in [1.82, 2.24) is 14.5 Å². The summed E-state index contributed by atoms with van der Waals surface area (Å²) < 4.78 is 7.21. The van der Waals surface area contributed by atoms with E-state index in [0.717, 1.165) is 38.3 Å². The Kier molecular flexibility index (Phi) is 3.96. The SMILES string of the molecule is COc1cc(N2CCc3ccc(=O)n(CC4CC4)c3CC2)ncn1. The number of rotatable bonds is 4. The zero-order valence-corrected chi connectivity index (χ0v) is 13.9. The van der Waals surface area contributed by atoms with E-state index < -0.39 is 0 Å². The van der Waals surface area contributed by atoms with Crippen LogP contribution in [0.2, 0.25) is 0 Å². The lowest BCUT2D eigenvalue weighted by atomic mass is 10.1. The molecule has 6 nitrogen and oxygen atoms in total. The molecule has 0 aromatic carbocycles. The van der Waals surface area contributed by atoms with Crippen LogP contribution < -0.4 is 15.2 Å². The molecule has 126 valence electrons. The fraction of sp³-hybridized carbons (Fsp3) is 0.500. The maximum atomic E-state index is 12.3. The average molecular weight is 326 g/mol. The molecule has 2 aromatic rings. The Bertz CT molecular complexity index is 798. The molecular formula is C18H22N4O2. The Morgan fingerprint density at radius 3 is 2.83 bits per heavy atom. The van der Waals surface area contributed by atoms with Crippen molar-refractivity contribution in [2.45, 2.75) is 32.2 Å². The summed E-state index contributed by atoms with van der Waals surface area (Å²) in [5.41, 5.74) is 2.63. The van der Waals surface area contributed by atoms with Gasteiger partial charge in [0, 0.05) is 43.9 Å². The van der Waals surface area contributed by atoms with E-state index in [1.165, 1.54) is 30.4 Å². The van der Waals surface area contributed by atoms with Gasteiger partial charge in [-0.2, -0.15) is 0 Å². The molecule has 24 heavy (non-hydrogen) atoms. The number of hydrogen-bond donors (Lipinski definition) is 0. The van der Waals surface area contributed by atoms with Crippen LogP contribution in [-0.2, 0) is 19.4 Å². The van der Waals surface area contributed by atoms with Crippen molar-refractivity contribution < 1.29 is 4.74 Å². The summed E-state index contributed by atoms with van der Waals surface area (Å²) in [7, 11) is 1.61. The maximum absolute atomic E-state index is 12.3. The molecule has 1 aliphatic carbocycles. The molecule has 0 radical (unpaired) electrons. The Labute approximate surface area is 141 Å². The number of pyridine rings is 1. The Morgan fingerprint density at radius 1 is 1.21 bits per heavy atom. The molecule has 6 heteroatoms. The van der Waals surface area contributed by atoms with Crippen LogP contribution in [0.4, 0.5) is 5.82 Å². The summed E-state index contributed by atoms with van der Waals surface area (Å²) in [5, 5.41) is 0. The number of aromatic nitrogens is 3. The summed E-state index contributed by atoms with van der Waals surface area (Å²) in [6, 6.07) is 5.60. The van der Waals surface area contributed by atoms with E-state index in [1.807, 2.05) is 16.7 Å². The molecule has 3 heterocycles. The normalized spacial score (nSPS) is 17.3. The Balaban J connectivity index is 1.60. The van der Waals surface area contributed by atoms with Gasteiger partial charge in [0.15, 0.2) is 0 Å². The van der Waals surface area contributed by atoms with Gasteiger partial charge in [0.2, 0.25) is 5.88 Å². The topological polar surface area (TPSA) is 60.2 Å². The average Bonchev–Trinajstić information content (AvgIpc) is 3.44. The van der Waals surface area contributed by atoms with Crippen LogP contribution in [0.1, 0.15) is 24.1 Å². The first-order valence-corrected chi connectivity index (χ1v) is 8.57. The monoisotopic (exact) mass is 326 g/mol. The van der Waals surface area contributed by atoms with Gasteiger partial charge in [0.1, 0.15) is 12.1 Å². The molecule has 0 bridgehead atoms. The third-order valence-corrected chi connectivity index (χ3v) is 4.96. The van der Waals surface area contributed by atoms with Crippen molar-refractivity contribution >= 4 is 5.82 Å². The molecule has 0 spiro atoms. The number of fused-ring (bicyclic) bond motifs is 1. The molecule has 0 saturated heterocycles. The molecule has 1 fully saturated rings. The van der Waals surface area contributed by atoms with Crippen LogP contribution in [-0.4, -0.2) is 34.7 Å². The third kappa shape index (κ3) is 3.00. The molecule has 1 saturated carbocycles. The van der Waals surface area contributed by atoms with Gasteiger partial charge in [-0.1, -0.05) is 6.07 Å². The van der Waals surface area contributed by atoms with Gasteiger partial charge >= 0.3 is 0 Å². The fourth-order valence-corrected chi connectivity index (χ4v) is 3.40. The maximum Gasteiger partial charge on any atom is 0.250 e. The van der Waals surface area contributed by atoms with Crippen molar-refractivity contribution in [2.75, 3.05) is 25.1 Å². The predicted octanol–water partition coefficient (Wildman–Crippen LogP) is 1.66. The minimum Gasteiger partial charge on any atom is -0.481 e. The molecule has 0 N–H and O–H groups in total. The Hall–Kier alpha value is -2.37. The Morgan fingerprint density at radius 2 is 2.04 bits per heavy atom. The first-order valence-electron chi connectivity index (χ1n) is 8.57. The van der Waals surface area contributed by atoms with Crippen LogP contribution in [0, 0.1) is 5.92 Å². The van der Waals surface area contributed by atoms with Crippen molar-refractivity contribution in [3.8, 4) is 5.88 Å². The molecule has 0 atom stereocenters. The van der Waals surface area contributed by atoms with Crippen molar-refractivity contribution in [1.29, 1.82) is 0 Å². The summed E-state index contributed by atoms with van der Waals surface area (Å²) in [6.07, 6.45) is 5.83. The van der Waals surface area contributed by atoms with Crippen LogP contribution in [0.3, 0.4) is 0 Å². The van der Waals surface area contributed by atoms with E-state index in [1.54, 1.807) is 13.2 Å². The highest BCUT2D eigenvalue weighted by molar-refractivity contribution is 5.42. The van der Waals surface area contributed by atoms with Gasteiger partial charge in [-0.05, 0) is 30.7 Å². The van der Waals surface area contributed by atoms with E-state index in [2.05, 4.69) is 14.9 Å². The van der Waals surface area contributed by atoms with E-state index in [9.17, 15) is 4.79 Å². The lowest BCUT2D eigenvalue weighted by molar-refractivity contribution is 0.396. The van der Waals surface area contributed by atoms with E-state index in [-0.39, 0.29) is 5.56 Å². The number of hydrogen-bond acceptors (Lipinski definition) is 5. The molecule has 0 unspecified atom stereocenters. The van der Waals surface area contributed by atoms with E-state index in [0.29, 0.717) is 11.8 Å². The van der Waals surface area contributed by atoms with E-state index in [4.69, 9.17) is 4.74 Å². The summed E-state index contributed by atoms with van der Waals surface area (Å²) >= 11 is 0. The van der Waals surface area contributed by atoms with Gasteiger partial charge < -0.3 is 14.2 Å². The van der Waals surface area contributed by atoms with Gasteiger partial charge in [0.05, 0.1) is 7.11 Å². The standard InChI is InChI=1S/C18H22N4O2/c1-24-17-10-16(19-12-20-17)21-8-6-14-4-5-18(23)22(11-13-2-3-13)15(14)7-9-21/h4-5,10,12-13H,2-3,6-9,11H2,1H3. The van der Waals surface area contributed by atoms with Gasteiger partial charge in [0.25, 0.3) is 5.56 Å². The first-order chi connectivity index (χ1) is 11.7. The van der Waals surface area contributed by atoms with Crippen molar-refractivity contribution in [3.05, 3.63) is 46.1 Å². The fourth-order valence-electron chi connectivity index (χ4n) is 3.40. The highest BCUT2D eigenvalue weighted by Gasteiger charge is 2.25. The molecule has 0 amide bonds. The molecule has 4 rings (SSSR count). The predicted molar refractivity (Wildman–Crippen MR) is 91.6 cm³/mol. The molecule has 1 aliphatic heterocycles. The lowest BCUT2D eigenvalue weighted by Crippen LogP contribution is -2.28. The molecule has 2 aromatic heterocycles. The second kappa shape index (κ2) is 6.26. The van der Waals surface area contributed by atoms with Crippen molar-refractivity contribution in [3.63, 3.8) is 0 Å². The number of ether oxygens (including phenoxy) is 1. The van der Waals surface area contributed by atoms with Crippen LogP contribution in [0.15, 0.2) is 29.3 Å². The zero-order valence-electron chi connectivity index (χ0n) is 13.9. The highest BCUT2D eigenvalue weighted by Crippen LogP contribution is 2.31. The largest absolute Gasteiger partial charge is 0.481 e. The second-order valence-corrected chi connectivity index (χ2v) is 6.60. The minimum atomic E-state index is 0.137. The first kappa shape index (κ1) is 15.2. The quantitative estimate of drug-likeness (QED) is 0.855. The van der Waals surface area contributed by atoms with Crippen LogP contribution in [0.5, 0.6) is 5.88 Å². The van der Waals surface area contributed by atoms with Gasteiger partial charge in [-0.25, -0.2) is 9.97 Å². The minimum absolute atomic E-state index is 0.137. The summed E-state index contributed by atoms with van der Waals surface area (Å²) in [4.78, 5) is 23.0. The van der Waals surface area contributed by atoms with Crippen LogP contribution >= 0.6 is 0 Å². The van der Waals surface area contributed by atoms with E-state index >= 15 is 0 Å². The summed E-state index contributed by atoms with van der Waals surface area (Å²) in [5.74, 6) is 2.15. The molecular weight excluding hydrogens is 304 g/mol. The molecule has 2 aliphatic rings.